The molecule has 1 aromatic rings. The smallest absolute Gasteiger partial charge is 0.253 e. The average Bonchev–Trinajstić information content (AvgIpc) is 3.51. The number of β-amino-alcohol motifs (C(OH)–C–C–N with tert-alkyl or cyclic N) is 1. The zero-order chi connectivity index (χ0) is 21.5. The van der Waals surface area contributed by atoms with E-state index in [4.69, 9.17) is 9.47 Å². The van der Waals surface area contributed by atoms with Crippen LogP contribution >= 0.6 is 0 Å². The molecule has 1 saturated carbocycles. The number of amides is 1. The monoisotopic (exact) mass is 422 g/mol. The lowest BCUT2D eigenvalue weighted by Crippen LogP contribution is -2.51. The lowest BCUT2D eigenvalue weighted by Gasteiger charge is -2.36. The normalized spacial score (nSPS) is 21.0. The van der Waals surface area contributed by atoms with Crippen molar-refractivity contribution in [2.45, 2.75) is 38.9 Å². The molecule has 0 bridgehead atoms. The van der Waals surface area contributed by atoms with Crippen LogP contribution in [0.3, 0.4) is 0 Å². The number of ether oxygens (including phenoxy) is 2. The van der Waals surface area contributed by atoms with Crippen LogP contribution in [-0.4, -0.2) is 85.6 Å². The van der Waals surface area contributed by atoms with Gasteiger partial charge >= 0.3 is 0 Å². The van der Waals surface area contributed by atoms with E-state index in [1.807, 2.05) is 4.90 Å². The molecule has 1 heterocycles. The first-order chi connectivity index (χ1) is 14.4. The predicted octanol–water partition coefficient (Wildman–Crippen LogP) is 2.41. The van der Waals surface area contributed by atoms with Crippen molar-refractivity contribution in [1.82, 2.24) is 9.80 Å². The molecule has 1 aliphatic carbocycles. The number of aliphatic hydroxyl groups is 1. The molecule has 7 heteroatoms. The van der Waals surface area contributed by atoms with Gasteiger partial charge in [0.15, 0.2) is 0 Å². The van der Waals surface area contributed by atoms with E-state index in [-0.39, 0.29) is 17.8 Å². The van der Waals surface area contributed by atoms with Gasteiger partial charge in [-0.05, 0) is 48.9 Å². The Hall–Kier alpha value is -1.54. The molecule has 1 aliphatic heterocycles. The van der Waals surface area contributed by atoms with Crippen LogP contribution < -0.4 is 0 Å². The minimum Gasteiger partial charge on any atom is -0.389 e. The number of carbonyl (C=O) groups excluding carboxylic acids is 1. The number of morpholine rings is 1. The van der Waals surface area contributed by atoms with Gasteiger partial charge in [0.2, 0.25) is 0 Å². The van der Waals surface area contributed by atoms with Gasteiger partial charge in [0.1, 0.15) is 5.82 Å². The Bertz CT molecular complexity index is 666. The van der Waals surface area contributed by atoms with Crippen LogP contribution in [0.25, 0.3) is 0 Å². The Morgan fingerprint density at radius 2 is 2.00 bits per heavy atom. The molecular formula is C23H35FN2O4. The SMILES string of the molecule is CC(C)COC[C@H](O)CN1CCO[C@H](CN(CC2CC2)C(=O)c2ccc(F)cc2)C1. The Kier molecular flexibility index (Phi) is 8.62. The largest absolute Gasteiger partial charge is 0.389 e. The zero-order valence-electron chi connectivity index (χ0n) is 18.1. The van der Waals surface area contributed by atoms with Gasteiger partial charge in [-0.1, -0.05) is 13.8 Å². The van der Waals surface area contributed by atoms with Crippen LogP contribution in [0, 0.1) is 17.7 Å². The lowest BCUT2D eigenvalue weighted by atomic mass is 10.1. The summed E-state index contributed by atoms with van der Waals surface area (Å²) in [5.74, 6) is 0.572. The van der Waals surface area contributed by atoms with Crippen molar-refractivity contribution in [3.05, 3.63) is 35.6 Å². The molecule has 0 spiro atoms. The lowest BCUT2D eigenvalue weighted by molar-refractivity contribution is -0.0599. The second kappa shape index (κ2) is 11.2. The number of aliphatic hydroxyl groups excluding tert-OH is 1. The summed E-state index contributed by atoms with van der Waals surface area (Å²) in [6.45, 7) is 8.88. The Morgan fingerprint density at radius 3 is 2.67 bits per heavy atom. The van der Waals surface area contributed by atoms with Crippen molar-refractivity contribution in [2.75, 3.05) is 52.5 Å². The molecule has 1 saturated heterocycles. The summed E-state index contributed by atoms with van der Waals surface area (Å²) in [6.07, 6.45) is 1.65. The summed E-state index contributed by atoms with van der Waals surface area (Å²) in [4.78, 5) is 17.0. The molecule has 0 unspecified atom stereocenters. The van der Waals surface area contributed by atoms with Crippen LogP contribution in [0.5, 0.6) is 0 Å². The van der Waals surface area contributed by atoms with Gasteiger partial charge in [-0.2, -0.15) is 0 Å². The molecule has 2 atom stereocenters. The molecule has 2 aliphatic rings. The molecule has 3 rings (SSSR count). The molecule has 168 valence electrons. The maximum atomic E-state index is 13.2. The molecule has 30 heavy (non-hydrogen) atoms. The number of halogens is 1. The van der Waals surface area contributed by atoms with Crippen LogP contribution in [-0.2, 0) is 9.47 Å². The minimum absolute atomic E-state index is 0.0789. The number of benzene rings is 1. The van der Waals surface area contributed by atoms with Crippen LogP contribution in [0.15, 0.2) is 24.3 Å². The third-order valence-corrected chi connectivity index (χ3v) is 5.43. The van der Waals surface area contributed by atoms with Gasteiger partial charge in [-0.25, -0.2) is 4.39 Å². The van der Waals surface area contributed by atoms with Crippen molar-refractivity contribution < 1.29 is 23.8 Å². The highest BCUT2D eigenvalue weighted by atomic mass is 19.1. The summed E-state index contributed by atoms with van der Waals surface area (Å²) < 4.78 is 24.7. The molecular weight excluding hydrogens is 387 g/mol. The Balaban J connectivity index is 1.52. The predicted molar refractivity (Wildman–Crippen MR) is 113 cm³/mol. The molecule has 1 N–H and O–H groups in total. The highest BCUT2D eigenvalue weighted by Gasteiger charge is 2.31. The highest BCUT2D eigenvalue weighted by Crippen LogP contribution is 2.30. The molecule has 2 fully saturated rings. The summed E-state index contributed by atoms with van der Waals surface area (Å²) >= 11 is 0. The van der Waals surface area contributed by atoms with E-state index in [9.17, 15) is 14.3 Å². The van der Waals surface area contributed by atoms with E-state index in [1.54, 1.807) is 12.1 Å². The van der Waals surface area contributed by atoms with E-state index in [1.165, 1.54) is 12.1 Å². The van der Waals surface area contributed by atoms with E-state index in [2.05, 4.69) is 18.7 Å². The van der Waals surface area contributed by atoms with Crippen LogP contribution in [0.4, 0.5) is 4.39 Å². The third kappa shape index (κ3) is 7.61. The number of hydrogen-bond acceptors (Lipinski definition) is 5. The van der Waals surface area contributed by atoms with Crippen molar-refractivity contribution in [1.29, 1.82) is 0 Å². The van der Waals surface area contributed by atoms with Gasteiger partial charge < -0.3 is 19.5 Å². The van der Waals surface area contributed by atoms with E-state index < -0.39 is 6.10 Å². The summed E-state index contributed by atoms with van der Waals surface area (Å²) in [5, 5.41) is 10.3. The van der Waals surface area contributed by atoms with E-state index >= 15 is 0 Å². The maximum absolute atomic E-state index is 13.2. The molecule has 1 aromatic carbocycles. The van der Waals surface area contributed by atoms with Crippen LogP contribution in [0.1, 0.15) is 37.0 Å². The second-order valence-corrected chi connectivity index (χ2v) is 9.00. The van der Waals surface area contributed by atoms with Crippen molar-refractivity contribution in [2.24, 2.45) is 11.8 Å². The fraction of sp³-hybridized carbons (Fsp3) is 0.696. The zero-order valence-corrected chi connectivity index (χ0v) is 18.1. The molecule has 6 nitrogen and oxygen atoms in total. The Labute approximate surface area is 178 Å². The van der Waals surface area contributed by atoms with E-state index in [0.717, 1.165) is 19.4 Å². The maximum Gasteiger partial charge on any atom is 0.253 e. The number of carbonyl (C=O) groups is 1. The van der Waals surface area contributed by atoms with Gasteiger partial charge in [-0.15, -0.1) is 0 Å². The summed E-state index contributed by atoms with van der Waals surface area (Å²) in [6, 6.07) is 5.73. The van der Waals surface area contributed by atoms with Crippen molar-refractivity contribution in [3.8, 4) is 0 Å². The van der Waals surface area contributed by atoms with Crippen molar-refractivity contribution >= 4 is 5.91 Å². The topological polar surface area (TPSA) is 62.2 Å². The summed E-state index contributed by atoms with van der Waals surface area (Å²) in [7, 11) is 0. The number of nitrogens with zero attached hydrogens (tertiary/aromatic N) is 2. The molecule has 1 amide bonds. The van der Waals surface area contributed by atoms with Crippen molar-refractivity contribution in [3.63, 3.8) is 0 Å². The van der Waals surface area contributed by atoms with Crippen LogP contribution in [0.2, 0.25) is 0 Å². The first-order valence-corrected chi connectivity index (χ1v) is 11.0. The van der Waals surface area contributed by atoms with Gasteiger partial charge in [0.25, 0.3) is 5.91 Å². The first kappa shape index (κ1) is 23.1. The fourth-order valence-corrected chi connectivity index (χ4v) is 3.72. The quantitative estimate of drug-likeness (QED) is 0.593. The van der Waals surface area contributed by atoms with E-state index in [0.29, 0.717) is 63.4 Å². The van der Waals surface area contributed by atoms with Gasteiger partial charge in [0, 0.05) is 44.9 Å². The second-order valence-electron chi connectivity index (χ2n) is 9.00. The third-order valence-electron chi connectivity index (χ3n) is 5.43. The fourth-order valence-electron chi connectivity index (χ4n) is 3.72. The van der Waals surface area contributed by atoms with Gasteiger partial charge in [0.05, 0.1) is 25.4 Å². The number of hydrogen-bond donors (Lipinski definition) is 1. The highest BCUT2D eigenvalue weighted by molar-refractivity contribution is 5.94. The molecule has 0 radical (unpaired) electrons. The number of rotatable bonds is 11. The molecule has 0 aromatic heterocycles. The standard InChI is InChI=1S/C23H35FN2O4/c1-17(2)15-29-16-21(27)12-25-9-10-30-22(13-25)14-26(11-18-3-4-18)23(28)19-5-7-20(24)8-6-19/h5-8,17-18,21-22,27H,3-4,9-16H2,1-2H3/t21-,22+/m1/s1. The summed E-state index contributed by atoms with van der Waals surface area (Å²) in [5.41, 5.74) is 0.502. The minimum atomic E-state index is -0.536. The van der Waals surface area contributed by atoms with Gasteiger partial charge in [-0.3, -0.25) is 9.69 Å². The first-order valence-electron chi connectivity index (χ1n) is 11.0. The average molecular weight is 423 g/mol. The Morgan fingerprint density at radius 1 is 1.27 bits per heavy atom.